The van der Waals surface area contributed by atoms with Crippen LogP contribution in [-0.4, -0.2) is 27.0 Å². The van der Waals surface area contributed by atoms with Gasteiger partial charge in [-0.25, -0.2) is 4.39 Å². The van der Waals surface area contributed by atoms with Crippen molar-refractivity contribution in [2.24, 2.45) is 5.73 Å². The highest BCUT2D eigenvalue weighted by Gasteiger charge is 2.31. The van der Waals surface area contributed by atoms with E-state index in [-0.39, 0.29) is 11.9 Å². The summed E-state index contributed by atoms with van der Waals surface area (Å²) in [5.41, 5.74) is 7.07. The van der Waals surface area contributed by atoms with Crippen molar-refractivity contribution in [3.8, 4) is 0 Å². The highest BCUT2D eigenvalue weighted by molar-refractivity contribution is 8.07. The van der Waals surface area contributed by atoms with Crippen LogP contribution in [0.15, 0.2) is 18.5 Å². The summed E-state index contributed by atoms with van der Waals surface area (Å²) in [5, 5.41) is 0.925. The lowest BCUT2D eigenvalue weighted by Gasteiger charge is -2.34. The third-order valence-electron chi connectivity index (χ3n) is 2.96. The molecule has 0 amide bonds. The number of halogens is 1. The zero-order valence-electron chi connectivity index (χ0n) is 9.80. The summed E-state index contributed by atoms with van der Waals surface area (Å²) in [6, 6.07) is 1.38. The molecule has 1 aromatic heterocycles. The van der Waals surface area contributed by atoms with Crippen molar-refractivity contribution in [2.45, 2.75) is 29.9 Å². The van der Waals surface area contributed by atoms with Crippen LogP contribution in [0.2, 0.25) is 0 Å². The van der Waals surface area contributed by atoms with Gasteiger partial charge in [0, 0.05) is 34.2 Å². The molecule has 0 bridgehead atoms. The van der Waals surface area contributed by atoms with Crippen molar-refractivity contribution in [1.29, 1.82) is 0 Å². The number of nitrogens with two attached hydrogens (primary N) is 1. The second-order valence-corrected chi connectivity index (χ2v) is 6.75. The highest BCUT2D eigenvalue weighted by Crippen LogP contribution is 2.39. The van der Waals surface area contributed by atoms with Crippen molar-refractivity contribution >= 4 is 23.5 Å². The number of hydrogen-bond acceptors (Lipinski definition) is 4. The lowest BCUT2D eigenvalue weighted by Crippen LogP contribution is -2.35. The second-order valence-electron chi connectivity index (χ2n) is 4.12. The molecule has 1 saturated heterocycles. The van der Waals surface area contributed by atoms with Crippen molar-refractivity contribution in [1.82, 2.24) is 4.98 Å². The van der Waals surface area contributed by atoms with Gasteiger partial charge in [0.25, 0.3) is 0 Å². The zero-order valence-corrected chi connectivity index (χ0v) is 11.4. The van der Waals surface area contributed by atoms with E-state index in [1.165, 1.54) is 18.0 Å². The number of rotatable bonds is 3. The van der Waals surface area contributed by atoms with E-state index < -0.39 is 0 Å². The van der Waals surface area contributed by atoms with E-state index in [1.54, 1.807) is 6.20 Å². The summed E-state index contributed by atoms with van der Waals surface area (Å²) in [6.45, 7) is 2.19. The Morgan fingerprint density at radius 3 is 2.94 bits per heavy atom. The molecule has 2 N–H and O–H groups in total. The molecule has 0 saturated carbocycles. The van der Waals surface area contributed by atoms with Crippen molar-refractivity contribution in [2.75, 3.05) is 11.5 Å². The predicted molar refractivity (Wildman–Crippen MR) is 73.9 cm³/mol. The first kappa shape index (κ1) is 13.2. The maximum absolute atomic E-state index is 13.1. The summed E-state index contributed by atoms with van der Waals surface area (Å²) in [4.78, 5) is 3.88. The maximum atomic E-state index is 13.1. The molecule has 2 rings (SSSR count). The minimum Gasteiger partial charge on any atom is -0.323 e. The fourth-order valence-electron chi connectivity index (χ4n) is 2.07. The SMILES string of the molecule is CCC1SCCSC1C(N)c1cncc(F)c1. The number of pyridine rings is 1. The van der Waals surface area contributed by atoms with Gasteiger partial charge < -0.3 is 5.73 Å². The Morgan fingerprint density at radius 1 is 1.47 bits per heavy atom. The lowest BCUT2D eigenvalue weighted by atomic mass is 10.0. The van der Waals surface area contributed by atoms with Crippen LogP contribution in [0, 0.1) is 5.82 Å². The summed E-state index contributed by atoms with van der Waals surface area (Å²) in [6.07, 6.45) is 4.01. The summed E-state index contributed by atoms with van der Waals surface area (Å²) < 4.78 is 13.1. The Bertz CT molecular complexity index is 375. The monoisotopic (exact) mass is 272 g/mol. The Morgan fingerprint density at radius 2 is 2.24 bits per heavy atom. The molecule has 3 unspecified atom stereocenters. The van der Waals surface area contributed by atoms with Gasteiger partial charge in [-0.05, 0) is 18.1 Å². The number of thioether (sulfide) groups is 2. The van der Waals surface area contributed by atoms with Gasteiger partial charge in [-0.15, -0.1) is 0 Å². The summed E-state index contributed by atoms with van der Waals surface area (Å²) >= 11 is 3.89. The van der Waals surface area contributed by atoms with Crippen molar-refractivity contribution < 1.29 is 4.39 Å². The van der Waals surface area contributed by atoms with E-state index in [2.05, 4.69) is 11.9 Å². The molecule has 0 aromatic carbocycles. The molecule has 2 heterocycles. The molecule has 1 aromatic rings. The van der Waals surface area contributed by atoms with Gasteiger partial charge in [-0.2, -0.15) is 23.5 Å². The van der Waals surface area contributed by atoms with Crippen LogP contribution >= 0.6 is 23.5 Å². The standard InChI is InChI=1S/C12H17FN2S2/c1-2-10-12(17-4-3-16-10)11(14)8-5-9(13)7-15-6-8/h5-7,10-12H,2-4,14H2,1H3. The molecular weight excluding hydrogens is 255 g/mol. The van der Waals surface area contributed by atoms with Gasteiger partial charge in [0.1, 0.15) is 5.82 Å². The van der Waals surface area contributed by atoms with Gasteiger partial charge in [0.2, 0.25) is 0 Å². The summed E-state index contributed by atoms with van der Waals surface area (Å²) in [5.74, 6) is 2.01. The van der Waals surface area contributed by atoms with Crippen molar-refractivity contribution in [3.05, 3.63) is 29.8 Å². The van der Waals surface area contributed by atoms with Crippen LogP contribution in [0.25, 0.3) is 0 Å². The van der Waals surface area contributed by atoms with Gasteiger partial charge in [0.05, 0.1) is 6.20 Å². The quantitative estimate of drug-likeness (QED) is 0.918. The second kappa shape index (κ2) is 6.07. The predicted octanol–water partition coefficient (Wildman–Crippen LogP) is 2.85. The lowest BCUT2D eigenvalue weighted by molar-refractivity contribution is 0.596. The molecule has 94 valence electrons. The molecule has 1 aliphatic heterocycles. The summed E-state index contributed by atoms with van der Waals surface area (Å²) in [7, 11) is 0. The Labute approximate surface area is 110 Å². The minimum atomic E-state index is -0.306. The normalized spacial score (nSPS) is 26.8. The van der Waals surface area contributed by atoms with E-state index in [9.17, 15) is 4.39 Å². The smallest absolute Gasteiger partial charge is 0.141 e. The van der Waals surface area contributed by atoms with Crippen LogP contribution in [0.1, 0.15) is 24.9 Å². The van der Waals surface area contributed by atoms with Crippen LogP contribution in [0.4, 0.5) is 4.39 Å². The molecule has 5 heteroatoms. The first-order chi connectivity index (χ1) is 8.22. The molecular formula is C12H17FN2S2. The van der Waals surface area contributed by atoms with E-state index in [4.69, 9.17) is 5.73 Å². The van der Waals surface area contributed by atoms with E-state index >= 15 is 0 Å². The molecule has 0 radical (unpaired) electrons. The molecule has 1 aliphatic rings. The van der Waals surface area contributed by atoms with Crippen LogP contribution < -0.4 is 5.73 Å². The van der Waals surface area contributed by atoms with Gasteiger partial charge in [0.15, 0.2) is 0 Å². The van der Waals surface area contributed by atoms with E-state index in [0.717, 1.165) is 17.7 Å². The third kappa shape index (κ3) is 3.14. The largest absolute Gasteiger partial charge is 0.323 e. The first-order valence-electron chi connectivity index (χ1n) is 5.81. The van der Waals surface area contributed by atoms with Crippen molar-refractivity contribution in [3.63, 3.8) is 0 Å². The topological polar surface area (TPSA) is 38.9 Å². The number of aromatic nitrogens is 1. The van der Waals surface area contributed by atoms with Gasteiger partial charge in [-0.3, -0.25) is 4.98 Å². The zero-order chi connectivity index (χ0) is 12.3. The molecule has 3 atom stereocenters. The van der Waals surface area contributed by atoms with Gasteiger partial charge >= 0.3 is 0 Å². The Kier molecular flexibility index (Phi) is 4.70. The highest BCUT2D eigenvalue weighted by atomic mass is 32.2. The molecule has 1 fully saturated rings. The maximum Gasteiger partial charge on any atom is 0.141 e. The molecule has 2 nitrogen and oxygen atoms in total. The van der Waals surface area contributed by atoms with Crippen LogP contribution in [0.3, 0.4) is 0 Å². The molecule has 0 aliphatic carbocycles. The average Bonchev–Trinajstić information content (AvgIpc) is 2.38. The average molecular weight is 272 g/mol. The van der Waals surface area contributed by atoms with E-state index in [0.29, 0.717) is 10.5 Å². The molecule has 17 heavy (non-hydrogen) atoms. The first-order valence-corrected chi connectivity index (χ1v) is 7.91. The number of hydrogen-bond donors (Lipinski definition) is 1. The third-order valence-corrected chi connectivity index (χ3v) is 6.33. The molecule has 0 spiro atoms. The van der Waals surface area contributed by atoms with Gasteiger partial charge in [-0.1, -0.05) is 6.92 Å². The minimum absolute atomic E-state index is 0.124. The Hall–Kier alpha value is -0.260. The van der Waals surface area contributed by atoms with Crippen LogP contribution in [0.5, 0.6) is 0 Å². The Balaban J connectivity index is 2.15. The number of nitrogens with zero attached hydrogens (tertiary/aromatic N) is 1. The van der Waals surface area contributed by atoms with Crippen LogP contribution in [-0.2, 0) is 0 Å². The van der Waals surface area contributed by atoms with E-state index in [1.807, 2.05) is 23.5 Å². The fraction of sp³-hybridized carbons (Fsp3) is 0.583. The fourth-order valence-corrected chi connectivity index (χ4v) is 5.25.